The van der Waals surface area contributed by atoms with Crippen molar-refractivity contribution in [3.63, 3.8) is 0 Å². The molecule has 0 bridgehead atoms. The number of para-hydroxylation sites is 3. The molecular formula is C134H94N6S. The van der Waals surface area contributed by atoms with E-state index in [2.05, 4.69) is 521 Å². The van der Waals surface area contributed by atoms with Crippen molar-refractivity contribution in [2.24, 2.45) is 4.99 Å². The fraction of sp³-hybridized carbons (Fsp3) is 0.0373. The van der Waals surface area contributed by atoms with Crippen molar-refractivity contribution in [1.82, 2.24) is 23.7 Å². The number of allylic oxidation sites excluding steroid dienone is 3. The third-order valence-electron chi connectivity index (χ3n) is 28.5. The SMILES string of the molecule is C/C=C(/C=C(\N=Cn1c2ccccc2c2cc(-c3ccc4sc5cccc(-c6ccc(Cc7ccccc7)c(-c7ccc(-c8ccc9c(c8)c8cc(-c%10ccc(C)c(-c%11c(C)cccc%11-c%11ccc%12c(c%11)c%11ccccc%11n%12-c%11ccccc%11)c%10)ccc8n9-c8nc(-c9ccccc9)cc(-c9ccccc9)n8)cc7C)c6)c5c4c3)ccc21)c1cccc(-c2ccccc2)c1)c1cccc(-c2ccccc2)c1. The number of thiophene rings is 1. The van der Waals surface area contributed by atoms with Crippen LogP contribution in [0.2, 0.25) is 0 Å². The number of benzene rings is 20. The third kappa shape index (κ3) is 15.7. The summed E-state index contributed by atoms with van der Waals surface area (Å²) in [4.78, 5) is 16.6. The summed E-state index contributed by atoms with van der Waals surface area (Å²) < 4.78 is 9.45. The fourth-order valence-electron chi connectivity index (χ4n) is 21.4. The maximum atomic E-state index is 5.53. The van der Waals surface area contributed by atoms with Crippen molar-refractivity contribution in [1.29, 1.82) is 0 Å². The molecule has 141 heavy (non-hydrogen) atoms. The van der Waals surface area contributed by atoms with Gasteiger partial charge in [-0.2, -0.15) is 0 Å². The fourth-order valence-corrected chi connectivity index (χ4v) is 22.5. The van der Waals surface area contributed by atoms with E-state index in [0.29, 0.717) is 5.95 Å². The van der Waals surface area contributed by atoms with E-state index in [4.69, 9.17) is 15.0 Å². The molecule has 0 amide bonds. The summed E-state index contributed by atoms with van der Waals surface area (Å²) in [6.45, 7) is 8.93. The number of aryl methyl sites for hydroxylation is 3. The summed E-state index contributed by atoms with van der Waals surface area (Å²) in [6.07, 6.45) is 7.23. The van der Waals surface area contributed by atoms with Crippen LogP contribution in [-0.2, 0) is 6.42 Å². The Bertz CT molecular complexity index is 9280. The van der Waals surface area contributed by atoms with Crippen LogP contribution >= 0.6 is 11.3 Å². The molecule has 0 aliphatic carbocycles. The first-order valence-corrected chi connectivity index (χ1v) is 49.3. The zero-order valence-corrected chi connectivity index (χ0v) is 79.3. The average Bonchev–Trinajstić information content (AvgIpc) is 1.60. The largest absolute Gasteiger partial charge is 0.309 e. The Balaban J connectivity index is 0.580. The van der Waals surface area contributed by atoms with Crippen LogP contribution in [0.5, 0.6) is 0 Å². The highest BCUT2D eigenvalue weighted by atomic mass is 32.1. The Labute approximate surface area is 823 Å². The molecule has 0 atom stereocenters. The van der Waals surface area contributed by atoms with Crippen molar-refractivity contribution in [3.8, 4) is 134 Å². The molecule has 5 aromatic heterocycles. The molecule has 0 aliphatic rings. The van der Waals surface area contributed by atoms with Gasteiger partial charge in [-0.3, -0.25) is 9.13 Å². The van der Waals surface area contributed by atoms with Crippen LogP contribution < -0.4 is 0 Å². The Morgan fingerprint density at radius 2 is 0.730 bits per heavy atom. The molecule has 20 aromatic carbocycles. The van der Waals surface area contributed by atoms with Gasteiger partial charge in [-0.25, -0.2) is 15.0 Å². The lowest BCUT2D eigenvalue weighted by atomic mass is 9.87. The Morgan fingerprint density at radius 3 is 1.38 bits per heavy atom. The molecule has 0 radical (unpaired) electrons. The summed E-state index contributed by atoms with van der Waals surface area (Å²) in [5, 5.41) is 9.48. The van der Waals surface area contributed by atoms with E-state index >= 15 is 0 Å². The topological polar surface area (TPSA) is 52.9 Å². The number of aromatic nitrogens is 5. The van der Waals surface area contributed by atoms with E-state index in [1.807, 2.05) is 17.7 Å². The van der Waals surface area contributed by atoms with Gasteiger partial charge in [0.05, 0.1) is 50.2 Å². The van der Waals surface area contributed by atoms with Crippen LogP contribution in [0.25, 0.3) is 231 Å². The average molecular weight is 1820 g/mol. The molecule has 6 nitrogen and oxygen atoms in total. The molecule has 0 unspecified atom stereocenters. The number of nitrogens with zero attached hydrogens (tertiary/aromatic N) is 6. The molecule has 0 spiro atoms. The van der Waals surface area contributed by atoms with E-state index in [-0.39, 0.29) is 0 Å². The van der Waals surface area contributed by atoms with Crippen LogP contribution in [0.4, 0.5) is 0 Å². The maximum absolute atomic E-state index is 5.53. The van der Waals surface area contributed by atoms with Crippen LogP contribution in [0.3, 0.4) is 0 Å². The van der Waals surface area contributed by atoms with Crippen molar-refractivity contribution in [3.05, 3.63) is 518 Å². The number of fused-ring (bicyclic) bond motifs is 12. The van der Waals surface area contributed by atoms with Crippen LogP contribution in [0.15, 0.2) is 484 Å². The van der Waals surface area contributed by atoms with Crippen LogP contribution in [0, 0.1) is 20.8 Å². The first-order chi connectivity index (χ1) is 69.6. The van der Waals surface area contributed by atoms with E-state index in [1.165, 1.54) is 125 Å². The molecule has 25 rings (SSSR count). The van der Waals surface area contributed by atoms with Gasteiger partial charge in [-0.15, -0.1) is 11.3 Å². The molecular weight excluding hydrogens is 1730 g/mol. The molecule has 5 heterocycles. The van der Waals surface area contributed by atoms with Gasteiger partial charge in [-0.05, 0) is 301 Å². The van der Waals surface area contributed by atoms with Gasteiger partial charge in [0.25, 0.3) is 0 Å². The van der Waals surface area contributed by atoms with E-state index in [0.717, 1.165) is 145 Å². The van der Waals surface area contributed by atoms with Gasteiger partial charge in [0.1, 0.15) is 6.34 Å². The minimum atomic E-state index is 0.602. The Hall–Kier alpha value is -17.8. The van der Waals surface area contributed by atoms with Gasteiger partial charge >= 0.3 is 0 Å². The minimum Gasteiger partial charge on any atom is -0.309 e. The highest BCUT2D eigenvalue weighted by Gasteiger charge is 2.25. The molecule has 0 fully saturated rings. The second kappa shape index (κ2) is 36.1. The molecule has 7 heteroatoms. The lowest BCUT2D eigenvalue weighted by Gasteiger charge is -2.17. The quantitative estimate of drug-likeness (QED) is 0.0434. The number of hydrogen-bond donors (Lipinski definition) is 0. The first-order valence-electron chi connectivity index (χ1n) is 48.5. The second-order valence-corrected chi connectivity index (χ2v) is 38.1. The second-order valence-electron chi connectivity index (χ2n) is 37.0. The smallest absolute Gasteiger partial charge is 0.235 e. The number of rotatable bonds is 20. The van der Waals surface area contributed by atoms with Crippen LogP contribution in [0.1, 0.15) is 45.9 Å². The van der Waals surface area contributed by atoms with Gasteiger partial charge in [0.15, 0.2) is 0 Å². The molecule has 0 saturated carbocycles. The number of aliphatic imine (C=N–C) groups is 1. The Morgan fingerprint density at radius 1 is 0.284 bits per heavy atom. The van der Waals surface area contributed by atoms with Crippen molar-refractivity contribution >= 4 is 115 Å². The highest BCUT2D eigenvalue weighted by Crippen LogP contribution is 2.49. The van der Waals surface area contributed by atoms with Gasteiger partial charge in [0.2, 0.25) is 5.95 Å². The van der Waals surface area contributed by atoms with Gasteiger partial charge < -0.3 is 4.57 Å². The standard InChI is InChI=1S/C134H94N6S/c1-5-90(95-43-29-44-96(74-95)91-35-14-7-15-36-91)83-121(107-46-30-45-97(75-107)92-37-16-8-17-38-92)135-85-138-124-53-26-24-49-112(124)116-77-101(61-67-125(116)138)103-65-71-130-120(80-103)133-111(52-31-55-131(133)141-130)105-59-58-104(73-89-33-12-6-13-34-89)115(81-105)109-66-60-98(72-88(109)4)100-62-68-128-118(78-100)119-79-102(63-69-129(119)140(128)134-136-122(93-39-18-9-19-40-93)84-123(137-134)94-41-20-10-21-42-94)99-57-56-86(2)114(76-99)132-87(3)32-28-51-110(132)106-64-70-127-117(82-106)113-50-25-27-54-126(113)139(127)108-47-22-11-23-48-108/h5-72,74-85H,73H2,1-4H3/b90-5-,121-83-,135-85?. The monoisotopic (exact) mass is 1820 g/mol. The Kier molecular flexibility index (Phi) is 21.7. The summed E-state index contributed by atoms with van der Waals surface area (Å²) in [5.74, 6) is 0.602. The molecule has 666 valence electrons. The van der Waals surface area contributed by atoms with E-state index in [9.17, 15) is 0 Å². The minimum absolute atomic E-state index is 0.602. The van der Waals surface area contributed by atoms with E-state index in [1.54, 1.807) is 0 Å². The molecule has 0 aliphatic heterocycles. The first kappa shape index (κ1) is 85.0. The van der Waals surface area contributed by atoms with E-state index < -0.39 is 0 Å². The van der Waals surface area contributed by atoms with Crippen LogP contribution in [-0.4, -0.2) is 30.0 Å². The normalized spacial score (nSPS) is 12.1. The zero-order chi connectivity index (χ0) is 94.1. The number of hydrogen-bond acceptors (Lipinski definition) is 4. The summed E-state index contributed by atoms with van der Waals surface area (Å²) in [7, 11) is 0. The predicted octanol–water partition coefficient (Wildman–Crippen LogP) is 36.0. The van der Waals surface area contributed by atoms with Gasteiger partial charge in [-0.1, -0.05) is 352 Å². The lowest BCUT2D eigenvalue weighted by molar-refractivity contribution is 0.995. The molecule has 0 N–H and O–H groups in total. The lowest BCUT2D eigenvalue weighted by Crippen LogP contribution is -2.04. The summed E-state index contributed by atoms with van der Waals surface area (Å²) >= 11 is 1.86. The third-order valence-corrected chi connectivity index (χ3v) is 29.6. The van der Waals surface area contributed by atoms with Crippen molar-refractivity contribution in [2.75, 3.05) is 0 Å². The highest BCUT2D eigenvalue weighted by molar-refractivity contribution is 7.26. The van der Waals surface area contributed by atoms with Crippen molar-refractivity contribution in [2.45, 2.75) is 34.1 Å². The zero-order valence-electron chi connectivity index (χ0n) is 78.5. The summed E-state index contributed by atoms with van der Waals surface area (Å²) in [6, 6.07) is 171. The molecule has 25 aromatic rings. The molecule has 0 saturated heterocycles. The summed E-state index contributed by atoms with van der Waals surface area (Å²) in [5.41, 5.74) is 42.7. The van der Waals surface area contributed by atoms with Gasteiger partial charge in [0, 0.05) is 74.9 Å². The van der Waals surface area contributed by atoms with Crippen molar-refractivity contribution < 1.29 is 0 Å². The predicted molar refractivity (Wildman–Crippen MR) is 598 cm³/mol. The maximum Gasteiger partial charge on any atom is 0.235 e.